The number of carbonyl (C=O) groups is 1. The van der Waals surface area contributed by atoms with Gasteiger partial charge in [0.25, 0.3) is 0 Å². The van der Waals surface area contributed by atoms with Crippen LogP contribution < -0.4 is 20.1 Å². The third kappa shape index (κ3) is 4.14. The van der Waals surface area contributed by atoms with E-state index in [0.717, 1.165) is 5.56 Å². The van der Waals surface area contributed by atoms with Gasteiger partial charge in [-0.3, -0.25) is 4.79 Å². The van der Waals surface area contributed by atoms with Crippen LogP contribution in [0.1, 0.15) is 30.0 Å². The van der Waals surface area contributed by atoms with E-state index in [9.17, 15) is 14.3 Å². The molecular weight excluding hydrogens is 351 g/mol. The Morgan fingerprint density at radius 2 is 1.89 bits per heavy atom. The number of piperidine rings is 1. The van der Waals surface area contributed by atoms with Gasteiger partial charge in [0, 0.05) is 24.6 Å². The minimum Gasteiger partial charge on any atom is -0.502 e. The van der Waals surface area contributed by atoms with Crippen molar-refractivity contribution in [1.29, 1.82) is 0 Å². The van der Waals surface area contributed by atoms with Gasteiger partial charge >= 0.3 is 0 Å². The first-order valence-electron chi connectivity index (χ1n) is 8.74. The van der Waals surface area contributed by atoms with E-state index in [1.807, 2.05) is 0 Å². The smallest absolute Gasteiger partial charge is 0.220 e. The molecule has 2 aromatic carbocycles. The fourth-order valence-corrected chi connectivity index (χ4v) is 3.34. The third-order valence-electron chi connectivity index (χ3n) is 4.75. The molecule has 3 N–H and O–H groups in total. The van der Waals surface area contributed by atoms with Gasteiger partial charge in [0.1, 0.15) is 5.82 Å². The maximum atomic E-state index is 14.2. The van der Waals surface area contributed by atoms with Gasteiger partial charge in [-0.1, -0.05) is 18.2 Å². The summed E-state index contributed by atoms with van der Waals surface area (Å²) in [4.78, 5) is 11.9. The molecule has 0 aromatic heterocycles. The molecule has 0 unspecified atom stereocenters. The molecule has 1 aliphatic heterocycles. The van der Waals surface area contributed by atoms with Crippen LogP contribution >= 0.6 is 0 Å². The standard InChI is InChI=1S/C20H23FN2O4/c1-26-16-9-12(10-17(27-2)20(16)25)11-22-15-7-8-18(24)23-19(15)13-5-3-4-6-14(13)21/h3-6,9-10,15,19,22,25H,7-8,11H2,1-2H3,(H,23,24)/t15-,19+/m1/s1. The quantitative estimate of drug-likeness (QED) is 0.724. The number of benzene rings is 2. The fraction of sp³-hybridized carbons (Fsp3) is 0.350. The predicted molar refractivity (Wildman–Crippen MR) is 98.4 cm³/mol. The van der Waals surface area contributed by atoms with E-state index in [4.69, 9.17) is 9.47 Å². The Morgan fingerprint density at radius 1 is 1.22 bits per heavy atom. The van der Waals surface area contributed by atoms with E-state index in [-0.39, 0.29) is 23.5 Å². The number of rotatable bonds is 6. The first-order valence-corrected chi connectivity index (χ1v) is 8.74. The minimum atomic E-state index is -0.451. The molecule has 1 aliphatic rings. The van der Waals surface area contributed by atoms with Crippen molar-refractivity contribution in [2.75, 3.05) is 14.2 Å². The highest BCUT2D eigenvalue weighted by Crippen LogP contribution is 2.37. The van der Waals surface area contributed by atoms with Crippen molar-refractivity contribution in [2.45, 2.75) is 31.5 Å². The van der Waals surface area contributed by atoms with Crippen LogP contribution in [0.5, 0.6) is 17.2 Å². The average Bonchev–Trinajstić information content (AvgIpc) is 2.68. The zero-order valence-electron chi connectivity index (χ0n) is 15.3. The molecule has 1 saturated heterocycles. The van der Waals surface area contributed by atoms with Crippen LogP contribution in [-0.4, -0.2) is 31.3 Å². The normalized spacial score (nSPS) is 19.4. The second-order valence-electron chi connectivity index (χ2n) is 6.44. The Kier molecular flexibility index (Phi) is 5.81. The van der Waals surface area contributed by atoms with Crippen molar-refractivity contribution in [3.8, 4) is 17.2 Å². The number of ether oxygens (including phenoxy) is 2. The Hall–Kier alpha value is -2.80. The molecule has 1 amide bonds. The third-order valence-corrected chi connectivity index (χ3v) is 4.75. The molecule has 6 nitrogen and oxygen atoms in total. The number of aromatic hydroxyl groups is 1. The molecule has 7 heteroatoms. The summed E-state index contributed by atoms with van der Waals surface area (Å²) in [7, 11) is 2.94. The molecule has 1 fully saturated rings. The second kappa shape index (κ2) is 8.26. The number of hydrogen-bond donors (Lipinski definition) is 3. The van der Waals surface area contributed by atoms with E-state index < -0.39 is 6.04 Å². The summed E-state index contributed by atoms with van der Waals surface area (Å²) in [6.45, 7) is 0.443. The van der Waals surface area contributed by atoms with Crippen LogP contribution in [0.25, 0.3) is 0 Å². The molecule has 2 aromatic rings. The Labute approximate surface area is 157 Å². The molecule has 1 heterocycles. The van der Waals surface area contributed by atoms with Crippen molar-refractivity contribution in [3.63, 3.8) is 0 Å². The second-order valence-corrected chi connectivity index (χ2v) is 6.44. The molecule has 2 atom stereocenters. The molecule has 27 heavy (non-hydrogen) atoms. The lowest BCUT2D eigenvalue weighted by Crippen LogP contribution is -2.48. The number of methoxy groups -OCH3 is 2. The van der Waals surface area contributed by atoms with Gasteiger partial charge < -0.3 is 25.2 Å². The summed E-state index contributed by atoms with van der Waals surface area (Å²) in [5, 5.41) is 16.3. The molecule has 0 spiro atoms. The SMILES string of the molecule is COc1cc(CN[C@@H]2CCC(=O)N[C@H]2c2ccccc2F)cc(OC)c1O. The number of halogens is 1. The van der Waals surface area contributed by atoms with Crippen LogP contribution in [-0.2, 0) is 11.3 Å². The lowest BCUT2D eigenvalue weighted by atomic mass is 9.91. The zero-order valence-corrected chi connectivity index (χ0v) is 15.3. The van der Waals surface area contributed by atoms with Crippen molar-refractivity contribution in [1.82, 2.24) is 10.6 Å². The largest absolute Gasteiger partial charge is 0.502 e. The summed E-state index contributed by atoms with van der Waals surface area (Å²) < 4.78 is 24.6. The Morgan fingerprint density at radius 3 is 2.52 bits per heavy atom. The summed E-state index contributed by atoms with van der Waals surface area (Å²) >= 11 is 0. The summed E-state index contributed by atoms with van der Waals surface area (Å²) in [5.41, 5.74) is 1.30. The number of phenolic OH excluding ortho intramolecular Hbond substituents is 1. The predicted octanol–water partition coefficient (Wildman–Crippen LogP) is 2.66. The van der Waals surface area contributed by atoms with Gasteiger partial charge in [-0.25, -0.2) is 4.39 Å². The van der Waals surface area contributed by atoms with Crippen LogP contribution in [0.2, 0.25) is 0 Å². The molecule has 0 aliphatic carbocycles. The highest BCUT2D eigenvalue weighted by atomic mass is 19.1. The molecular formula is C20H23FN2O4. The van der Waals surface area contributed by atoms with E-state index >= 15 is 0 Å². The van der Waals surface area contributed by atoms with Gasteiger partial charge in [-0.2, -0.15) is 0 Å². The molecule has 144 valence electrons. The molecule has 0 bridgehead atoms. The first-order chi connectivity index (χ1) is 13.0. The van der Waals surface area contributed by atoms with Crippen LogP contribution in [0.3, 0.4) is 0 Å². The molecule has 3 rings (SSSR count). The number of phenols is 1. The van der Waals surface area contributed by atoms with Gasteiger partial charge in [0.05, 0.1) is 20.3 Å². The summed E-state index contributed by atoms with van der Waals surface area (Å²) in [5.74, 6) is 0.138. The number of carbonyl (C=O) groups excluding carboxylic acids is 1. The topological polar surface area (TPSA) is 79.8 Å². The minimum absolute atomic E-state index is 0.0575. The summed E-state index contributed by atoms with van der Waals surface area (Å²) in [6.07, 6.45) is 0.974. The van der Waals surface area contributed by atoms with Gasteiger partial charge in [0.2, 0.25) is 11.7 Å². The lowest BCUT2D eigenvalue weighted by molar-refractivity contribution is -0.123. The monoisotopic (exact) mass is 374 g/mol. The maximum absolute atomic E-state index is 14.2. The lowest BCUT2D eigenvalue weighted by Gasteiger charge is -2.33. The van der Waals surface area contributed by atoms with E-state index in [1.165, 1.54) is 20.3 Å². The Bertz CT molecular complexity index is 802. The van der Waals surface area contributed by atoms with E-state index in [0.29, 0.717) is 36.4 Å². The maximum Gasteiger partial charge on any atom is 0.220 e. The van der Waals surface area contributed by atoms with Crippen LogP contribution in [0, 0.1) is 5.82 Å². The van der Waals surface area contributed by atoms with Gasteiger partial charge in [-0.15, -0.1) is 0 Å². The highest BCUT2D eigenvalue weighted by molar-refractivity contribution is 5.77. The van der Waals surface area contributed by atoms with Crippen molar-refractivity contribution in [2.24, 2.45) is 0 Å². The fourth-order valence-electron chi connectivity index (χ4n) is 3.34. The summed E-state index contributed by atoms with van der Waals surface area (Å²) in [6, 6.07) is 9.30. The molecule has 0 radical (unpaired) electrons. The highest BCUT2D eigenvalue weighted by Gasteiger charge is 2.31. The van der Waals surface area contributed by atoms with Crippen molar-refractivity contribution < 1.29 is 23.8 Å². The zero-order chi connectivity index (χ0) is 19.4. The van der Waals surface area contributed by atoms with Crippen molar-refractivity contribution in [3.05, 3.63) is 53.3 Å². The van der Waals surface area contributed by atoms with E-state index in [1.54, 1.807) is 30.3 Å². The number of nitrogens with one attached hydrogen (secondary N) is 2. The van der Waals surface area contributed by atoms with Crippen LogP contribution in [0.4, 0.5) is 4.39 Å². The average molecular weight is 374 g/mol. The van der Waals surface area contributed by atoms with E-state index in [2.05, 4.69) is 10.6 Å². The Balaban J connectivity index is 1.79. The van der Waals surface area contributed by atoms with Crippen LogP contribution in [0.15, 0.2) is 36.4 Å². The van der Waals surface area contributed by atoms with Gasteiger partial charge in [-0.05, 0) is 30.2 Å². The first kappa shape index (κ1) is 19.0. The van der Waals surface area contributed by atoms with Gasteiger partial charge in [0.15, 0.2) is 11.5 Å². The van der Waals surface area contributed by atoms with Crippen molar-refractivity contribution >= 4 is 5.91 Å². The number of amides is 1. The number of hydrogen-bond acceptors (Lipinski definition) is 5. The molecule has 0 saturated carbocycles.